The molecule has 2 aliphatic carbocycles. The zero-order chi connectivity index (χ0) is 25.1. The first-order valence-corrected chi connectivity index (χ1v) is 12.1. The van der Waals surface area contributed by atoms with Gasteiger partial charge in [0.1, 0.15) is 23.2 Å². The van der Waals surface area contributed by atoms with Gasteiger partial charge in [0.25, 0.3) is 0 Å². The predicted octanol–water partition coefficient (Wildman–Crippen LogP) is 4.56. The minimum atomic E-state index is -1.21. The highest BCUT2D eigenvalue weighted by atomic mass is 16.5. The largest absolute Gasteiger partial charge is 0.507 e. The highest BCUT2D eigenvalue weighted by Gasteiger charge is 2.58. The summed E-state index contributed by atoms with van der Waals surface area (Å²) in [6.45, 7) is 16.4. The van der Waals surface area contributed by atoms with E-state index in [9.17, 15) is 24.9 Å². The molecular formula is C27H40O6. The fourth-order valence-corrected chi connectivity index (χ4v) is 5.70. The molecule has 0 aromatic carbocycles. The van der Waals surface area contributed by atoms with Gasteiger partial charge in [-0.1, -0.05) is 26.0 Å². The van der Waals surface area contributed by atoms with Crippen molar-refractivity contribution in [1.29, 1.82) is 0 Å². The Morgan fingerprint density at radius 1 is 1.33 bits per heavy atom. The first-order valence-electron chi connectivity index (χ1n) is 12.1. The maximum atomic E-state index is 13.7. The molecule has 3 rings (SSSR count). The molecule has 33 heavy (non-hydrogen) atoms. The lowest BCUT2D eigenvalue weighted by molar-refractivity contribution is -0.128. The molecule has 0 bridgehead atoms. The third-order valence-electron chi connectivity index (χ3n) is 8.28. The topological polar surface area (TPSA) is 104 Å². The Morgan fingerprint density at radius 2 is 1.94 bits per heavy atom. The van der Waals surface area contributed by atoms with Crippen LogP contribution < -0.4 is 0 Å². The summed E-state index contributed by atoms with van der Waals surface area (Å²) in [6.07, 6.45) is 1.73. The van der Waals surface area contributed by atoms with Gasteiger partial charge in [-0.05, 0) is 72.1 Å². The Morgan fingerprint density at radius 3 is 2.45 bits per heavy atom. The van der Waals surface area contributed by atoms with E-state index >= 15 is 0 Å². The van der Waals surface area contributed by atoms with Gasteiger partial charge in [0.05, 0.1) is 16.6 Å². The number of ketones is 2. The number of rotatable bonds is 7. The Labute approximate surface area is 197 Å². The lowest BCUT2D eigenvalue weighted by atomic mass is 9.67. The van der Waals surface area contributed by atoms with Crippen molar-refractivity contribution in [1.82, 2.24) is 0 Å². The monoisotopic (exact) mass is 460 g/mol. The third-order valence-corrected chi connectivity index (χ3v) is 8.28. The zero-order valence-electron chi connectivity index (χ0n) is 21.1. The molecule has 1 saturated carbocycles. The number of allylic oxidation sites excluding steroid dienone is 4. The lowest BCUT2D eigenvalue weighted by Gasteiger charge is -2.35. The summed E-state index contributed by atoms with van der Waals surface area (Å²) in [4.78, 5) is 26.9. The smallest absolute Gasteiger partial charge is 0.183 e. The maximum absolute atomic E-state index is 13.7. The average molecular weight is 461 g/mol. The number of carbonyl (C=O) groups is 2. The van der Waals surface area contributed by atoms with Crippen molar-refractivity contribution in [3.8, 4) is 0 Å². The molecule has 184 valence electrons. The Hall–Kier alpha value is -1.92. The summed E-state index contributed by atoms with van der Waals surface area (Å²) in [5, 5.41) is 33.2. The van der Waals surface area contributed by atoms with E-state index in [1.807, 2.05) is 13.8 Å². The highest BCUT2D eigenvalue weighted by Crippen LogP contribution is 2.55. The van der Waals surface area contributed by atoms with Crippen LogP contribution in [0.1, 0.15) is 80.6 Å². The molecule has 2 fully saturated rings. The van der Waals surface area contributed by atoms with Crippen molar-refractivity contribution in [2.24, 2.45) is 23.2 Å². The molecule has 1 saturated heterocycles. The molecule has 0 unspecified atom stereocenters. The number of aliphatic hydroxyl groups excluding tert-OH is 1. The van der Waals surface area contributed by atoms with Crippen LogP contribution in [0.4, 0.5) is 0 Å². The van der Waals surface area contributed by atoms with E-state index in [0.717, 1.165) is 12.0 Å². The molecule has 1 heterocycles. The summed E-state index contributed by atoms with van der Waals surface area (Å²) in [7, 11) is 0. The van der Waals surface area contributed by atoms with Crippen LogP contribution in [0.2, 0.25) is 0 Å². The molecule has 3 aliphatic rings. The van der Waals surface area contributed by atoms with Crippen molar-refractivity contribution in [2.45, 2.75) is 97.9 Å². The summed E-state index contributed by atoms with van der Waals surface area (Å²) in [5.41, 5.74) is -2.17. The van der Waals surface area contributed by atoms with Gasteiger partial charge in [-0.3, -0.25) is 9.59 Å². The second-order valence-electron chi connectivity index (χ2n) is 11.5. The molecule has 6 nitrogen and oxygen atoms in total. The van der Waals surface area contributed by atoms with Crippen LogP contribution in [0, 0.1) is 23.2 Å². The van der Waals surface area contributed by atoms with Gasteiger partial charge in [0.15, 0.2) is 11.6 Å². The van der Waals surface area contributed by atoms with Crippen molar-refractivity contribution in [3.63, 3.8) is 0 Å². The van der Waals surface area contributed by atoms with E-state index in [0.29, 0.717) is 24.2 Å². The molecule has 0 spiro atoms. The van der Waals surface area contributed by atoms with Gasteiger partial charge in [-0.2, -0.15) is 0 Å². The number of hydrogen-bond donors (Lipinski definition) is 3. The molecule has 3 N–H and O–H groups in total. The fraction of sp³-hybridized carbons (Fsp3) is 0.704. The Bertz CT molecular complexity index is 931. The molecule has 0 radical (unpaired) electrons. The van der Waals surface area contributed by atoms with Crippen LogP contribution in [0.3, 0.4) is 0 Å². The maximum Gasteiger partial charge on any atom is 0.183 e. The van der Waals surface area contributed by atoms with Crippen LogP contribution in [0.15, 0.2) is 34.8 Å². The third kappa shape index (κ3) is 4.21. The van der Waals surface area contributed by atoms with Crippen molar-refractivity contribution in [2.75, 3.05) is 0 Å². The molecule has 6 atom stereocenters. The van der Waals surface area contributed by atoms with E-state index in [-0.39, 0.29) is 41.8 Å². The molecule has 0 amide bonds. The van der Waals surface area contributed by atoms with E-state index in [1.165, 1.54) is 0 Å². The number of hydrogen-bond acceptors (Lipinski definition) is 6. The van der Waals surface area contributed by atoms with Gasteiger partial charge in [0.2, 0.25) is 0 Å². The Balaban J connectivity index is 2.19. The zero-order valence-corrected chi connectivity index (χ0v) is 21.1. The van der Waals surface area contributed by atoms with Crippen molar-refractivity contribution >= 4 is 11.6 Å². The van der Waals surface area contributed by atoms with Crippen LogP contribution in [0.5, 0.6) is 0 Å². The summed E-state index contributed by atoms with van der Waals surface area (Å²) in [6, 6.07) is 0. The minimum Gasteiger partial charge on any atom is -0.507 e. The molecule has 6 heteroatoms. The van der Waals surface area contributed by atoms with Gasteiger partial charge < -0.3 is 20.1 Å². The van der Waals surface area contributed by atoms with E-state index in [2.05, 4.69) is 6.58 Å². The highest BCUT2D eigenvalue weighted by molar-refractivity contribution is 6.24. The minimum absolute atomic E-state index is 0.0463. The van der Waals surface area contributed by atoms with Gasteiger partial charge >= 0.3 is 0 Å². The van der Waals surface area contributed by atoms with E-state index in [1.54, 1.807) is 34.6 Å². The van der Waals surface area contributed by atoms with Gasteiger partial charge in [0, 0.05) is 17.9 Å². The second kappa shape index (κ2) is 8.38. The van der Waals surface area contributed by atoms with Crippen LogP contribution in [-0.2, 0) is 14.3 Å². The van der Waals surface area contributed by atoms with Crippen LogP contribution in [-0.4, -0.2) is 44.2 Å². The molecular weight excluding hydrogens is 420 g/mol. The number of aliphatic hydroxyl groups is 3. The normalized spacial score (nSPS) is 35.5. The van der Waals surface area contributed by atoms with Crippen LogP contribution >= 0.6 is 0 Å². The summed E-state index contributed by atoms with van der Waals surface area (Å²) in [5.74, 6) is -1.46. The van der Waals surface area contributed by atoms with E-state index in [4.69, 9.17) is 4.74 Å². The molecule has 0 aromatic heterocycles. The van der Waals surface area contributed by atoms with Gasteiger partial charge in [-0.25, -0.2) is 0 Å². The van der Waals surface area contributed by atoms with E-state index < -0.39 is 34.4 Å². The number of Topliss-reactive ketones (excluding diaryl/α,β-unsaturated/α-hetero) is 2. The predicted molar refractivity (Wildman–Crippen MR) is 126 cm³/mol. The van der Waals surface area contributed by atoms with Crippen molar-refractivity contribution < 1.29 is 29.6 Å². The quantitative estimate of drug-likeness (QED) is 0.380. The first-order chi connectivity index (χ1) is 15.1. The molecule has 1 aliphatic heterocycles. The average Bonchev–Trinajstić information content (AvgIpc) is 3.22. The first kappa shape index (κ1) is 25.7. The number of ether oxygens (including phenoxy) is 1. The summed E-state index contributed by atoms with van der Waals surface area (Å²) < 4.78 is 6.17. The fourth-order valence-electron chi connectivity index (χ4n) is 5.70. The standard InChI is InChI=1S/C27H40O6/c1-9-15(4)21(28)20-22(29)17(12-18-16(14(2)3)10-11-27(18,8)32)24-26(7,23(20)30)13-19(33-24)25(5,6)31/h15-16,18-19,29,31-32H,2,9-13H2,1,3-8H3/t15-,16+,18-,19+,26-,27+/m0/s1. The van der Waals surface area contributed by atoms with Gasteiger partial charge in [-0.15, -0.1) is 0 Å². The van der Waals surface area contributed by atoms with Crippen LogP contribution in [0.25, 0.3) is 0 Å². The Kier molecular flexibility index (Phi) is 6.53. The van der Waals surface area contributed by atoms with Crippen molar-refractivity contribution in [3.05, 3.63) is 34.8 Å². The lowest BCUT2D eigenvalue weighted by Crippen LogP contribution is -2.40. The second-order valence-corrected chi connectivity index (χ2v) is 11.5. The SMILES string of the molecule is C=C(C)[C@H]1CC[C@@](C)(O)[C@H]1CC1=C2O[C@@H](C(C)(C)O)C[C@@]2(C)C(=O)C(C(=O)[C@@H](C)CC)=C1O. The number of fused-ring (bicyclic) bond motifs is 1. The summed E-state index contributed by atoms with van der Waals surface area (Å²) >= 11 is 0. The number of carbonyl (C=O) groups excluding carboxylic acids is 2. The molecule has 0 aromatic rings.